The number of amides is 1. The number of rotatable bonds is 9. The van der Waals surface area contributed by atoms with Crippen molar-refractivity contribution in [3.63, 3.8) is 0 Å². The van der Waals surface area contributed by atoms with Gasteiger partial charge in [0.15, 0.2) is 0 Å². The van der Waals surface area contributed by atoms with Crippen molar-refractivity contribution in [3.05, 3.63) is 59.6 Å². The van der Waals surface area contributed by atoms with Crippen LogP contribution in [0.1, 0.15) is 30.8 Å². The van der Waals surface area contributed by atoms with Crippen LogP contribution in [0.4, 0.5) is 0 Å². The van der Waals surface area contributed by atoms with Gasteiger partial charge in [-0.2, -0.15) is 5.10 Å². The molecule has 162 valence electrons. The summed E-state index contributed by atoms with van der Waals surface area (Å²) in [6, 6.07) is 16.1. The zero-order chi connectivity index (χ0) is 21.8. The van der Waals surface area contributed by atoms with Gasteiger partial charge in [0.05, 0.1) is 10.6 Å². The monoisotopic (exact) mass is 435 g/mol. The van der Waals surface area contributed by atoms with Crippen LogP contribution < -0.4 is 5.32 Å². The Balaban J connectivity index is 1.65. The van der Waals surface area contributed by atoms with Crippen LogP contribution >= 0.6 is 11.3 Å². The van der Waals surface area contributed by atoms with Gasteiger partial charge in [-0.1, -0.05) is 38.1 Å². The molecule has 4 aromatic rings. The van der Waals surface area contributed by atoms with Crippen LogP contribution in [0.25, 0.3) is 27.3 Å². The lowest BCUT2D eigenvalue weighted by Crippen LogP contribution is -2.30. The molecule has 4 rings (SSSR count). The minimum absolute atomic E-state index is 0.0463. The summed E-state index contributed by atoms with van der Waals surface area (Å²) in [5.74, 6) is -0.0463. The summed E-state index contributed by atoms with van der Waals surface area (Å²) in [6.07, 6.45) is 0.940. The van der Waals surface area contributed by atoms with E-state index < -0.39 is 0 Å². The number of carbonyl (C=O) groups excluding carboxylic acids is 1. The molecular formula is C24H29N5OS. The first-order valence-electron chi connectivity index (χ1n) is 10.8. The lowest BCUT2D eigenvalue weighted by Gasteiger charge is -2.17. The molecule has 31 heavy (non-hydrogen) atoms. The van der Waals surface area contributed by atoms with Gasteiger partial charge < -0.3 is 14.8 Å². The van der Waals surface area contributed by atoms with Gasteiger partial charge in [-0.3, -0.25) is 4.79 Å². The molecule has 0 aliphatic heterocycles. The second-order valence-electron chi connectivity index (χ2n) is 7.54. The maximum Gasteiger partial charge on any atom is 0.267 e. The minimum Gasteiger partial charge on any atom is -0.351 e. The first-order chi connectivity index (χ1) is 15.1. The number of fused-ring (bicyclic) bond motifs is 1. The molecule has 0 saturated carbocycles. The lowest BCUT2D eigenvalue weighted by molar-refractivity contribution is 0.0944. The molecule has 6 nitrogen and oxygen atoms in total. The molecule has 1 aromatic carbocycles. The Morgan fingerprint density at radius 1 is 1.13 bits per heavy atom. The molecule has 0 spiro atoms. The van der Waals surface area contributed by atoms with Gasteiger partial charge in [-0.15, -0.1) is 11.3 Å². The first kappa shape index (κ1) is 21.3. The third kappa shape index (κ3) is 4.29. The van der Waals surface area contributed by atoms with E-state index in [1.165, 1.54) is 0 Å². The van der Waals surface area contributed by atoms with Gasteiger partial charge in [0.25, 0.3) is 5.91 Å². The molecular weight excluding hydrogens is 406 g/mol. The smallest absolute Gasteiger partial charge is 0.267 e. The Morgan fingerprint density at radius 3 is 2.58 bits per heavy atom. The lowest BCUT2D eigenvalue weighted by atomic mass is 10.2. The van der Waals surface area contributed by atoms with E-state index in [-0.39, 0.29) is 5.91 Å². The number of hydrogen-bond donors (Lipinski definition) is 1. The predicted molar refractivity (Wildman–Crippen MR) is 128 cm³/mol. The number of nitrogens with one attached hydrogen (secondary N) is 1. The van der Waals surface area contributed by atoms with Crippen molar-refractivity contribution >= 4 is 28.3 Å². The van der Waals surface area contributed by atoms with Crippen LogP contribution in [0.3, 0.4) is 0 Å². The van der Waals surface area contributed by atoms with Crippen molar-refractivity contribution in [2.75, 3.05) is 26.2 Å². The Hall–Kier alpha value is -2.90. The number of nitrogens with zero attached hydrogens (tertiary/aromatic N) is 4. The molecule has 3 heterocycles. The van der Waals surface area contributed by atoms with Gasteiger partial charge >= 0.3 is 0 Å². The van der Waals surface area contributed by atoms with Crippen LogP contribution in [0.2, 0.25) is 0 Å². The number of aryl methyl sites for hydroxylation is 1. The number of thiophene rings is 1. The summed E-state index contributed by atoms with van der Waals surface area (Å²) in [5, 5.41) is 11.0. The van der Waals surface area contributed by atoms with Crippen molar-refractivity contribution in [1.82, 2.24) is 24.6 Å². The molecule has 0 unspecified atom stereocenters. The second kappa shape index (κ2) is 9.49. The van der Waals surface area contributed by atoms with E-state index in [9.17, 15) is 4.79 Å². The van der Waals surface area contributed by atoms with Crippen molar-refractivity contribution in [2.45, 2.75) is 20.3 Å². The molecule has 0 aliphatic rings. The molecule has 0 atom stereocenters. The van der Waals surface area contributed by atoms with E-state index in [1.807, 2.05) is 58.8 Å². The van der Waals surface area contributed by atoms with Gasteiger partial charge in [0.2, 0.25) is 0 Å². The highest BCUT2D eigenvalue weighted by atomic mass is 32.1. The second-order valence-corrected chi connectivity index (χ2v) is 8.48. The SMILES string of the molecule is CCN(CC)CCCNC(=O)c1cc2c(-c3cccs3)nn(-c3ccccc3)c2n1C. The summed E-state index contributed by atoms with van der Waals surface area (Å²) in [7, 11) is 1.94. The van der Waals surface area contributed by atoms with Gasteiger partial charge in [-0.05, 0) is 55.7 Å². The zero-order valence-corrected chi connectivity index (χ0v) is 19.2. The molecule has 7 heteroatoms. The van der Waals surface area contributed by atoms with Gasteiger partial charge in [0.1, 0.15) is 17.0 Å². The van der Waals surface area contributed by atoms with Crippen LogP contribution in [0.5, 0.6) is 0 Å². The number of hydrogen-bond acceptors (Lipinski definition) is 4. The topological polar surface area (TPSA) is 55.1 Å². The maximum atomic E-state index is 13.0. The molecule has 1 amide bonds. The zero-order valence-electron chi connectivity index (χ0n) is 18.3. The van der Waals surface area contributed by atoms with Gasteiger partial charge in [-0.25, -0.2) is 4.68 Å². The molecule has 3 aromatic heterocycles. The van der Waals surface area contributed by atoms with Crippen molar-refractivity contribution in [2.24, 2.45) is 7.05 Å². The Morgan fingerprint density at radius 2 is 1.90 bits per heavy atom. The van der Waals surface area contributed by atoms with Crippen molar-refractivity contribution < 1.29 is 4.79 Å². The van der Waals surface area contributed by atoms with Crippen LogP contribution in [-0.2, 0) is 7.05 Å². The number of carbonyl (C=O) groups is 1. The summed E-state index contributed by atoms with van der Waals surface area (Å²) in [6.45, 7) is 8.06. The van der Waals surface area contributed by atoms with E-state index >= 15 is 0 Å². The van der Waals surface area contributed by atoms with E-state index in [1.54, 1.807) is 11.3 Å². The Labute approximate surface area is 187 Å². The minimum atomic E-state index is -0.0463. The van der Waals surface area contributed by atoms with Crippen molar-refractivity contribution in [3.8, 4) is 16.3 Å². The summed E-state index contributed by atoms with van der Waals surface area (Å²) >= 11 is 1.66. The first-order valence-corrected chi connectivity index (χ1v) is 11.7. The standard InChI is InChI=1S/C24H29N5OS/c1-4-28(5-2)15-10-14-25-23(30)20-17-19-22(21-13-9-16-31-21)26-29(24(19)27(20)3)18-11-7-6-8-12-18/h6-9,11-13,16-17H,4-5,10,14-15H2,1-3H3,(H,25,30). The highest BCUT2D eigenvalue weighted by molar-refractivity contribution is 7.13. The molecule has 1 N–H and O–H groups in total. The van der Waals surface area contributed by atoms with E-state index in [4.69, 9.17) is 5.10 Å². The van der Waals surface area contributed by atoms with Crippen LogP contribution in [0.15, 0.2) is 53.9 Å². The average Bonchev–Trinajstić information content (AvgIpc) is 3.52. The molecule has 0 aliphatic carbocycles. The normalized spacial score (nSPS) is 11.5. The number of benzene rings is 1. The highest BCUT2D eigenvalue weighted by Gasteiger charge is 2.22. The third-order valence-electron chi connectivity index (χ3n) is 5.68. The summed E-state index contributed by atoms with van der Waals surface area (Å²) in [5.41, 5.74) is 3.45. The predicted octanol–water partition coefficient (Wildman–Crippen LogP) is 4.55. The van der Waals surface area contributed by atoms with Gasteiger partial charge in [0, 0.05) is 19.0 Å². The summed E-state index contributed by atoms with van der Waals surface area (Å²) in [4.78, 5) is 16.4. The Kier molecular flexibility index (Phi) is 6.53. The molecule has 0 fully saturated rings. The van der Waals surface area contributed by atoms with Crippen LogP contribution in [0, 0.1) is 0 Å². The fourth-order valence-electron chi connectivity index (χ4n) is 3.92. The quantitative estimate of drug-likeness (QED) is 0.392. The third-order valence-corrected chi connectivity index (χ3v) is 6.55. The number of para-hydroxylation sites is 1. The highest BCUT2D eigenvalue weighted by Crippen LogP contribution is 2.34. The average molecular weight is 436 g/mol. The van der Waals surface area contributed by atoms with E-state index in [0.717, 1.165) is 53.3 Å². The van der Waals surface area contributed by atoms with Crippen molar-refractivity contribution in [1.29, 1.82) is 0 Å². The Bertz CT molecular complexity index is 1140. The molecule has 0 bridgehead atoms. The van der Waals surface area contributed by atoms with Crippen LogP contribution in [-0.4, -0.2) is 51.3 Å². The largest absolute Gasteiger partial charge is 0.351 e. The fourth-order valence-corrected chi connectivity index (χ4v) is 4.65. The fraction of sp³-hybridized carbons (Fsp3) is 0.333. The maximum absolute atomic E-state index is 13.0. The van der Waals surface area contributed by atoms with E-state index in [2.05, 4.69) is 35.5 Å². The molecule has 0 saturated heterocycles. The van der Waals surface area contributed by atoms with E-state index in [0.29, 0.717) is 12.2 Å². The molecule has 0 radical (unpaired) electrons. The number of aromatic nitrogens is 3. The summed E-state index contributed by atoms with van der Waals surface area (Å²) < 4.78 is 3.88.